The molecule has 0 saturated carbocycles. The zero-order valence-electron chi connectivity index (χ0n) is 14.0. The smallest absolute Gasteiger partial charge is 0.338 e. The molecule has 25 heavy (non-hydrogen) atoms. The van der Waals surface area contributed by atoms with Gasteiger partial charge in [0.25, 0.3) is 0 Å². The molecule has 0 radical (unpaired) electrons. The van der Waals surface area contributed by atoms with E-state index in [0.717, 1.165) is 17.7 Å². The maximum absolute atomic E-state index is 11.9. The minimum Gasteiger partial charge on any atom is -0.462 e. The van der Waals surface area contributed by atoms with Crippen LogP contribution in [0.5, 0.6) is 0 Å². The predicted octanol–water partition coefficient (Wildman–Crippen LogP) is 3.29. The Morgan fingerprint density at radius 2 is 1.88 bits per heavy atom. The van der Waals surface area contributed by atoms with E-state index in [1.165, 1.54) is 0 Å². The summed E-state index contributed by atoms with van der Waals surface area (Å²) < 4.78 is 4.92. The first-order valence-corrected chi connectivity index (χ1v) is 8.48. The standard InChI is InChI=1S/C19H21ClN2O3/c1-2-25-19(24)15-6-8-17(9-7-15)22-13-18(23)21-11-10-14-4-3-5-16(20)12-14/h3-9,12,22H,2,10-11,13H2,1H3,(H,21,23). The van der Waals surface area contributed by atoms with Crippen LogP contribution in [0.1, 0.15) is 22.8 Å². The van der Waals surface area contributed by atoms with Crippen molar-refractivity contribution in [2.24, 2.45) is 0 Å². The molecule has 2 aromatic rings. The zero-order valence-corrected chi connectivity index (χ0v) is 14.8. The van der Waals surface area contributed by atoms with E-state index in [1.807, 2.05) is 24.3 Å². The second kappa shape index (κ2) is 9.69. The fourth-order valence-corrected chi connectivity index (χ4v) is 2.44. The number of carbonyl (C=O) groups excluding carboxylic acids is 2. The van der Waals surface area contributed by atoms with Crippen LogP contribution in [-0.4, -0.2) is 31.6 Å². The first-order valence-electron chi connectivity index (χ1n) is 8.10. The van der Waals surface area contributed by atoms with Gasteiger partial charge >= 0.3 is 5.97 Å². The molecule has 0 saturated heterocycles. The summed E-state index contributed by atoms with van der Waals surface area (Å²) in [7, 11) is 0. The molecule has 0 aromatic heterocycles. The fourth-order valence-electron chi connectivity index (χ4n) is 2.22. The summed E-state index contributed by atoms with van der Waals surface area (Å²) in [6.07, 6.45) is 0.723. The Bertz CT molecular complexity index is 717. The molecule has 0 bridgehead atoms. The van der Waals surface area contributed by atoms with Crippen molar-refractivity contribution in [2.45, 2.75) is 13.3 Å². The highest BCUT2D eigenvalue weighted by Crippen LogP contribution is 2.11. The van der Waals surface area contributed by atoms with Crippen LogP contribution < -0.4 is 10.6 Å². The Labute approximate surface area is 152 Å². The van der Waals surface area contributed by atoms with Gasteiger partial charge in [0.05, 0.1) is 18.7 Å². The summed E-state index contributed by atoms with van der Waals surface area (Å²) in [6, 6.07) is 14.4. The number of amides is 1. The van der Waals surface area contributed by atoms with Crippen molar-refractivity contribution in [3.63, 3.8) is 0 Å². The van der Waals surface area contributed by atoms with Gasteiger partial charge in [0, 0.05) is 17.3 Å². The van der Waals surface area contributed by atoms with E-state index in [-0.39, 0.29) is 18.4 Å². The largest absolute Gasteiger partial charge is 0.462 e. The highest BCUT2D eigenvalue weighted by Gasteiger charge is 2.06. The van der Waals surface area contributed by atoms with Crippen LogP contribution in [-0.2, 0) is 16.0 Å². The number of halogens is 1. The molecule has 0 heterocycles. The molecule has 2 rings (SSSR count). The number of hydrogen-bond donors (Lipinski definition) is 2. The summed E-state index contributed by atoms with van der Waals surface area (Å²) in [5.41, 5.74) is 2.33. The minimum absolute atomic E-state index is 0.100. The first-order chi connectivity index (χ1) is 12.1. The molecule has 0 unspecified atom stereocenters. The molecule has 5 nitrogen and oxygen atoms in total. The van der Waals surface area contributed by atoms with E-state index >= 15 is 0 Å². The van der Waals surface area contributed by atoms with E-state index in [4.69, 9.17) is 16.3 Å². The zero-order chi connectivity index (χ0) is 18.1. The van der Waals surface area contributed by atoms with Gasteiger partial charge in [-0.2, -0.15) is 0 Å². The van der Waals surface area contributed by atoms with Crippen molar-refractivity contribution >= 4 is 29.2 Å². The van der Waals surface area contributed by atoms with Gasteiger partial charge in [-0.05, 0) is 55.3 Å². The molecule has 0 aliphatic carbocycles. The number of esters is 1. The van der Waals surface area contributed by atoms with Gasteiger partial charge in [0.2, 0.25) is 5.91 Å². The van der Waals surface area contributed by atoms with Crippen LogP contribution in [0.15, 0.2) is 48.5 Å². The summed E-state index contributed by atoms with van der Waals surface area (Å²) >= 11 is 5.93. The summed E-state index contributed by atoms with van der Waals surface area (Å²) in [5.74, 6) is -0.454. The normalized spacial score (nSPS) is 10.2. The highest BCUT2D eigenvalue weighted by atomic mass is 35.5. The Morgan fingerprint density at radius 1 is 1.12 bits per heavy atom. The lowest BCUT2D eigenvalue weighted by atomic mass is 10.1. The molecule has 0 spiro atoms. The van der Waals surface area contributed by atoms with Crippen molar-refractivity contribution in [3.8, 4) is 0 Å². The van der Waals surface area contributed by atoms with Crippen LogP contribution >= 0.6 is 11.6 Å². The van der Waals surface area contributed by atoms with Crippen LogP contribution in [0, 0.1) is 0 Å². The van der Waals surface area contributed by atoms with Gasteiger partial charge in [-0.1, -0.05) is 23.7 Å². The monoisotopic (exact) mass is 360 g/mol. The lowest BCUT2D eigenvalue weighted by Gasteiger charge is -2.09. The second-order valence-corrected chi connectivity index (χ2v) is 5.82. The molecular weight excluding hydrogens is 340 g/mol. The van der Waals surface area contributed by atoms with E-state index in [2.05, 4.69) is 10.6 Å². The Hall–Kier alpha value is -2.53. The van der Waals surface area contributed by atoms with Gasteiger partial charge in [0.15, 0.2) is 0 Å². The highest BCUT2D eigenvalue weighted by molar-refractivity contribution is 6.30. The lowest BCUT2D eigenvalue weighted by Crippen LogP contribution is -2.31. The van der Waals surface area contributed by atoms with Crippen molar-refractivity contribution < 1.29 is 14.3 Å². The van der Waals surface area contributed by atoms with Gasteiger partial charge in [-0.25, -0.2) is 4.79 Å². The average Bonchev–Trinajstić information content (AvgIpc) is 2.61. The van der Waals surface area contributed by atoms with Crippen LogP contribution in [0.4, 0.5) is 5.69 Å². The number of rotatable bonds is 8. The lowest BCUT2D eigenvalue weighted by molar-refractivity contribution is -0.119. The number of hydrogen-bond acceptors (Lipinski definition) is 4. The van der Waals surface area contributed by atoms with Gasteiger partial charge in [0.1, 0.15) is 0 Å². The maximum atomic E-state index is 11.9. The third-order valence-electron chi connectivity index (χ3n) is 3.47. The summed E-state index contributed by atoms with van der Waals surface area (Å²) in [6.45, 7) is 2.81. The SMILES string of the molecule is CCOC(=O)c1ccc(NCC(=O)NCCc2cccc(Cl)c2)cc1. The van der Waals surface area contributed by atoms with Crippen molar-refractivity contribution in [2.75, 3.05) is 25.0 Å². The number of anilines is 1. The Balaban J connectivity index is 1.71. The molecule has 0 fully saturated rings. The van der Waals surface area contributed by atoms with Gasteiger partial charge in [-0.3, -0.25) is 4.79 Å². The third kappa shape index (κ3) is 6.47. The molecular formula is C19H21ClN2O3. The Kier molecular flexibility index (Phi) is 7.29. The number of nitrogens with one attached hydrogen (secondary N) is 2. The van der Waals surface area contributed by atoms with E-state index < -0.39 is 0 Å². The van der Waals surface area contributed by atoms with Crippen molar-refractivity contribution in [1.29, 1.82) is 0 Å². The molecule has 2 N–H and O–H groups in total. The van der Waals surface area contributed by atoms with Crippen molar-refractivity contribution in [1.82, 2.24) is 5.32 Å². The second-order valence-electron chi connectivity index (χ2n) is 5.38. The molecule has 0 aliphatic rings. The Morgan fingerprint density at radius 3 is 2.56 bits per heavy atom. The molecule has 0 atom stereocenters. The third-order valence-corrected chi connectivity index (χ3v) is 3.71. The van der Waals surface area contributed by atoms with Crippen LogP contribution in [0.3, 0.4) is 0 Å². The molecule has 6 heteroatoms. The minimum atomic E-state index is -0.354. The van der Waals surface area contributed by atoms with Crippen molar-refractivity contribution in [3.05, 3.63) is 64.7 Å². The van der Waals surface area contributed by atoms with E-state index in [9.17, 15) is 9.59 Å². The molecule has 0 aliphatic heterocycles. The first kappa shape index (κ1) is 18.8. The average molecular weight is 361 g/mol. The maximum Gasteiger partial charge on any atom is 0.338 e. The van der Waals surface area contributed by atoms with Gasteiger partial charge in [-0.15, -0.1) is 0 Å². The predicted molar refractivity (Wildman–Crippen MR) is 99.1 cm³/mol. The molecule has 132 valence electrons. The molecule has 1 amide bonds. The van der Waals surface area contributed by atoms with E-state index in [1.54, 1.807) is 31.2 Å². The molecule has 2 aromatic carbocycles. The van der Waals surface area contributed by atoms with E-state index in [0.29, 0.717) is 23.7 Å². The number of carbonyl (C=O) groups is 2. The van der Waals surface area contributed by atoms with Crippen LogP contribution in [0.25, 0.3) is 0 Å². The van der Waals surface area contributed by atoms with Gasteiger partial charge < -0.3 is 15.4 Å². The summed E-state index contributed by atoms with van der Waals surface area (Å²) in [4.78, 5) is 23.4. The van der Waals surface area contributed by atoms with Crippen LogP contribution in [0.2, 0.25) is 5.02 Å². The number of ether oxygens (including phenoxy) is 1. The number of benzene rings is 2. The fraction of sp³-hybridized carbons (Fsp3) is 0.263. The topological polar surface area (TPSA) is 67.4 Å². The quantitative estimate of drug-likeness (QED) is 0.709. The summed E-state index contributed by atoms with van der Waals surface area (Å²) in [5, 5.41) is 6.56.